The van der Waals surface area contributed by atoms with Crippen molar-refractivity contribution in [1.29, 1.82) is 0 Å². The average Bonchev–Trinajstić information content (AvgIpc) is 2.91. The lowest BCUT2D eigenvalue weighted by Crippen LogP contribution is -2.51. The van der Waals surface area contributed by atoms with Crippen molar-refractivity contribution in [2.45, 2.75) is 51.9 Å². The minimum Gasteiger partial charge on any atom is -0.353 e. The molecule has 10 heteroatoms. The highest BCUT2D eigenvalue weighted by atomic mass is 32.2. The second-order valence-corrected chi connectivity index (χ2v) is 12.6. The fourth-order valence-corrected chi connectivity index (χ4v) is 7.23. The molecular weight excluding hydrogens is 531 g/mol. The van der Waals surface area contributed by atoms with E-state index in [0.717, 1.165) is 60.6 Å². The van der Waals surface area contributed by atoms with Crippen LogP contribution in [0.4, 0.5) is 24.5 Å². The first-order valence-electron chi connectivity index (χ1n) is 12.7. The van der Waals surface area contributed by atoms with Crippen LogP contribution in [0.5, 0.6) is 0 Å². The first-order chi connectivity index (χ1) is 18.2. The summed E-state index contributed by atoms with van der Waals surface area (Å²) in [6.07, 6.45) is 2.48. The number of fused-ring (bicyclic) bond motifs is 2. The molecule has 2 aliphatic rings. The van der Waals surface area contributed by atoms with Crippen LogP contribution in [0.1, 0.15) is 24.0 Å². The third-order valence-corrected chi connectivity index (χ3v) is 9.87. The lowest BCUT2D eigenvalue weighted by molar-refractivity contribution is -0.0436. The molecular formula is C28H30F3N3O2S2. The number of benzene rings is 3. The molecule has 0 aromatic heterocycles. The van der Waals surface area contributed by atoms with Gasteiger partial charge in [0.1, 0.15) is 0 Å². The number of nitrogens with one attached hydrogen (secondary N) is 2. The molecule has 3 aromatic rings. The van der Waals surface area contributed by atoms with Gasteiger partial charge in [-0.15, -0.1) is 0 Å². The number of para-hydroxylation sites is 1. The Morgan fingerprint density at radius 2 is 1.71 bits per heavy atom. The van der Waals surface area contributed by atoms with E-state index in [1.54, 1.807) is 0 Å². The number of alkyl halides is 3. The van der Waals surface area contributed by atoms with Crippen molar-refractivity contribution >= 4 is 33.0 Å². The molecule has 0 spiro atoms. The second kappa shape index (κ2) is 11.3. The minimum atomic E-state index is -5.50. The topological polar surface area (TPSA) is 61.4 Å². The van der Waals surface area contributed by atoms with Gasteiger partial charge >= 0.3 is 5.51 Å². The van der Waals surface area contributed by atoms with E-state index in [0.29, 0.717) is 12.1 Å². The number of piperazine rings is 1. The molecule has 1 saturated heterocycles. The van der Waals surface area contributed by atoms with Gasteiger partial charge in [0, 0.05) is 42.0 Å². The molecule has 2 aliphatic heterocycles. The number of rotatable bonds is 8. The van der Waals surface area contributed by atoms with E-state index in [1.165, 1.54) is 23.4 Å². The van der Waals surface area contributed by atoms with Crippen LogP contribution in [0, 0.1) is 0 Å². The summed E-state index contributed by atoms with van der Waals surface area (Å²) >= 11 is 1.43. The summed E-state index contributed by atoms with van der Waals surface area (Å²) in [4.78, 5) is 3.45. The number of sulfone groups is 1. The van der Waals surface area contributed by atoms with E-state index >= 15 is 0 Å². The summed E-state index contributed by atoms with van der Waals surface area (Å²) in [6, 6.07) is 20.6. The van der Waals surface area contributed by atoms with Gasteiger partial charge in [-0.1, -0.05) is 54.2 Å². The molecule has 5 rings (SSSR count). The minimum absolute atomic E-state index is 0.210. The first-order valence-corrected chi connectivity index (χ1v) is 15.0. The third-order valence-electron chi connectivity index (χ3n) is 7.16. The number of anilines is 2. The van der Waals surface area contributed by atoms with Crippen LogP contribution in [0.25, 0.3) is 0 Å². The van der Waals surface area contributed by atoms with Gasteiger partial charge in [-0.2, -0.15) is 13.2 Å². The van der Waals surface area contributed by atoms with Crippen molar-refractivity contribution in [3.05, 3.63) is 77.9 Å². The average molecular weight is 562 g/mol. The summed E-state index contributed by atoms with van der Waals surface area (Å²) in [6.45, 7) is 3.50. The lowest BCUT2D eigenvalue weighted by Gasteiger charge is -2.36. The highest BCUT2D eigenvalue weighted by Gasteiger charge is 2.48. The molecule has 38 heavy (non-hydrogen) atoms. The van der Waals surface area contributed by atoms with Crippen LogP contribution < -0.4 is 10.6 Å². The van der Waals surface area contributed by atoms with Crippen LogP contribution in [-0.4, -0.2) is 51.0 Å². The van der Waals surface area contributed by atoms with Crippen LogP contribution in [0.15, 0.2) is 81.4 Å². The first kappa shape index (κ1) is 27.1. The number of nitrogens with zero attached hydrogens (tertiary/aromatic N) is 1. The lowest BCUT2D eigenvalue weighted by atomic mass is 10.00. The second-order valence-electron chi connectivity index (χ2n) is 9.61. The summed E-state index contributed by atoms with van der Waals surface area (Å²) in [5.74, 6) is 0. The largest absolute Gasteiger partial charge is 0.501 e. The van der Waals surface area contributed by atoms with Crippen molar-refractivity contribution in [2.75, 3.05) is 31.5 Å². The summed E-state index contributed by atoms with van der Waals surface area (Å²) in [7, 11) is -5.50. The fourth-order valence-electron chi connectivity index (χ4n) is 5.18. The Labute approximate surface area is 225 Å². The maximum Gasteiger partial charge on any atom is 0.501 e. The van der Waals surface area contributed by atoms with Crippen LogP contribution in [-0.2, 0) is 22.7 Å². The normalized spacial score (nSPS) is 17.9. The van der Waals surface area contributed by atoms with Crippen molar-refractivity contribution in [2.24, 2.45) is 0 Å². The van der Waals surface area contributed by atoms with Crippen molar-refractivity contribution in [1.82, 2.24) is 10.2 Å². The van der Waals surface area contributed by atoms with Gasteiger partial charge < -0.3 is 10.6 Å². The van der Waals surface area contributed by atoms with Gasteiger partial charge in [0.2, 0.25) is 0 Å². The van der Waals surface area contributed by atoms with E-state index in [1.807, 2.05) is 42.5 Å². The zero-order valence-electron chi connectivity index (χ0n) is 20.8. The third kappa shape index (κ3) is 5.73. The monoisotopic (exact) mass is 561 g/mol. The Bertz CT molecular complexity index is 1380. The van der Waals surface area contributed by atoms with Crippen LogP contribution in [0.2, 0.25) is 0 Å². The van der Waals surface area contributed by atoms with Crippen molar-refractivity contribution < 1.29 is 21.6 Å². The highest BCUT2D eigenvalue weighted by molar-refractivity contribution is 7.99. The van der Waals surface area contributed by atoms with Crippen molar-refractivity contribution in [3.8, 4) is 0 Å². The molecule has 0 radical (unpaired) electrons. The number of halogens is 3. The molecule has 0 bridgehead atoms. The Hall–Kier alpha value is -2.53. The molecule has 202 valence electrons. The molecule has 2 heterocycles. The van der Waals surface area contributed by atoms with E-state index in [9.17, 15) is 21.6 Å². The summed E-state index contributed by atoms with van der Waals surface area (Å²) in [5.41, 5.74) is -2.66. The molecule has 0 aliphatic carbocycles. The van der Waals surface area contributed by atoms with Gasteiger partial charge in [-0.25, -0.2) is 8.42 Å². The van der Waals surface area contributed by atoms with Gasteiger partial charge in [0.25, 0.3) is 9.84 Å². The summed E-state index contributed by atoms with van der Waals surface area (Å²) in [5, 5.41) is 6.66. The van der Waals surface area contributed by atoms with E-state index in [-0.39, 0.29) is 18.0 Å². The molecule has 3 aromatic carbocycles. The van der Waals surface area contributed by atoms with Gasteiger partial charge in [-0.3, -0.25) is 4.90 Å². The van der Waals surface area contributed by atoms with Gasteiger partial charge in [-0.05, 0) is 61.1 Å². The Morgan fingerprint density at radius 1 is 0.947 bits per heavy atom. The van der Waals surface area contributed by atoms with Crippen molar-refractivity contribution in [3.63, 3.8) is 0 Å². The van der Waals surface area contributed by atoms with Crippen LogP contribution in [0.3, 0.4) is 0 Å². The molecule has 0 amide bonds. The Morgan fingerprint density at radius 3 is 2.50 bits per heavy atom. The highest BCUT2D eigenvalue weighted by Crippen LogP contribution is 2.48. The number of hydrogen-bond donors (Lipinski definition) is 2. The van der Waals surface area contributed by atoms with E-state index in [4.69, 9.17) is 0 Å². The van der Waals surface area contributed by atoms with Gasteiger partial charge in [0.05, 0.1) is 16.3 Å². The summed E-state index contributed by atoms with van der Waals surface area (Å²) < 4.78 is 66.0. The maximum absolute atomic E-state index is 13.6. The SMILES string of the molecule is O=S(=O)(c1ccc2c(c1CCCC1CNCCN1CCc1ccccc1)Nc1ccccc1S2)C(F)(F)F. The molecule has 1 unspecified atom stereocenters. The Kier molecular flexibility index (Phi) is 8.04. The molecule has 1 fully saturated rings. The predicted octanol–water partition coefficient (Wildman–Crippen LogP) is 6.03. The zero-order chi connectivity index (χ0) is 26.8. The standard InChI is InChI=1S/C28H30F3N3O2S2/c29-28(30,31)38(35,36)26-14-13-25-27(33-23-11-4-5-12-24(23)37-25)22(26)10-6-9-21-19-32-16-18-34(21)17-15-20-7-2-1-3-8-20/h1-5,7-8,11-14,21,32-33H,6,9-10,15-19H2. The molecule has 5 nitrogen and oxygen atoms in total. The molecule has 2 N–H and O–H groups in total. The van der Waals surface area contributed by atoms with E-state index in [2.05, 4.69) is 27.7 Å². The zero-order valence-corrected chi connectivity index (χ0v) is 22.4. The van der Waals surface area contributed by atoms with Crippen LogP contribution >= 0.6 is 11.8 Å². The van der Waals surface area contributed by atoms with E-state index < -0.39 is 20.2 Å². The van der Waals surface area contributed by atoms with Gasteiger partial charge in [0.15, 0.2) is 0 Å². The smallest absolute Gasteiger partial charge is 0.353 e. The Balaban J connectivity index is 1.36. The predicted molar refractivity (Wildman–Crippen MR) is 145 cm³/mol. The molecule has 0 saturated carbocycles. The molecule has 1 atom stereocenters. The quantitative estimate of drug-likeness (QED) is 0.274. The maximum atomic E-state index is 13.6. The number of hydrogen-bond acceptors (Lipinski definition) is 6. The fraction of sp³-hybridized carbons (Fsp3) is 0.357.